The molecule has 0 aromatic carbocycles. The zero-order valence-electron chi connectivity index (χ0n) is 13.6. The lowest BCUT2D eigenvalue weighted by Gasteiger charge is -2.24. The molecular formula is C19H22O4. The Balaban J connectivity index is 1.97. The highest BCUT2D eigenvalue weighted by molar-refractivity contribution is 5.84. The lowest BCUT2D eigenvalue weighted by molar-refractivity contribution is -0.159. The third-order valence-corrected chi connectivity index (χ3v) is 4.18. The molecule has 0 spiro atoms. The van der Waals surface area contributed by atoms with Gasteiger partial charge in [0.25, 0.3) is 0 Å². The molecule has 1 fully saturated rings. The molecule has 0 aromatic rings. The van der Waals surface area contributed by atoms with Gasteiger partial charge in [-0.3, -0.25) is 9.59 Å². The number of carbonyl (C=O) groups excluding carboxylic acids is 2. The predicted molar refractivity (Wildman–Crippen MR) is 85.8 cm³/mol. The molecule has 4 nitrogen and oxygen atoms in total. The Kier molecular flexibility index (Phi) is 6.29. The van der Waals surface area contributed by atoms with Crippen LogP contribution in [0.25, 0.3) is 0 Å². The largest absolute Gasteiger partial charge is 0.452 e. The van der Waals surface area contributed by atoms with Crippen LogP contribution in [0.3, 0.4) is 0 Å². The monoisotopic (exact) mass is 314 g/mol. The molecule has 2 aliphatic carbocycles. The Morgan fingerprint density at radius 2 is 1.30 bits per heavy atom. The summed E-state index contributed by atoms with van der Waals surface area (Å²) >= 11 is 0. The van der Waals surface area contributed by atoms with E-state index < -0.39 is 11.8 Å². The summed E-state index contributed by atoms with van der Waals surface area (Å²) in [4.78, 5) is 24.7. The molecule has 0 amide bonds. The quantitative estimate of drug-likeness (QED) is 0.454. The van der Waals surface area contributed by atoms with Gasteiger partial charge < -0.3 is 9.47 Å². The van der Waals surface area contributed by atoms with Crippen LogP contribution in [0.1, 0.15) is 33.1 Å². The molecule has 4 heteroatoms. The average Bonchev–Trinajstić information content (AvgIpc) is 3.16. The summed E-state index contributed by atoms with van der Waals surface area (Å²) in [6, 6.07) is 0. The molecule has 2 bridgehead atoms. The van der Waals surface area contributed by atoms with Gasteiger partial charge in [-0.25, -0.2) is 0 Å². The molecule has 4 atom stereocenters. The van der Waals surface area contributed by atoms with E-state index in [0.29, 0.717) is 0 Å². The van der Waals surface area contributed by atoms with Crippen molar-refractivity contribution in [2.45, 2.75) is 33.1 Å². The van der Waals surface area contributed by atoms with E-state index in [9.17, 15) is 9.59 Å². The Morgan fingerprint density at radius 3 is 1.70 bits per heavy atom. The SMILES string of the molecule is CCC#CCOC(=O)C1C2C=CC(C2)C1C(=O)OCC#CCC. The van der Waals surface area contributed by atoms with Gasteiger partial charge >= 0.3 is 11.9 Å². The average molecular weight is 314 g/mol. The van der Waals surface area contributed by atoms with Crippen molar-refractivity contribution in [2.24, 2.45) is 23.7 Å². The van der Waals surface area contributed by atoms with E-state index in [4.69, 9.17) is 9.47 Å². The molecule has 2 rings (SSSR count). The summed E-state index contributed by atoms with van der Waals surface area (Å²) in [5.74, 6) is 9.77. The summed E-state index contributed by atoms with van der Waals surface area (Å²) in [5.41, 5.74) is 0. The molecule has 122 valence electrons. The van der Waals surface area contributed by atoms with Gasteiger partial charge in [0.15, 0.2) is 13.2 Å². The number of esters is 2. The van der Waals surface area contributed by atoms with Gasteiger partial charge in [-0.15, -0.1) is 11.8 Å². The Labute approximate surface area is 137 Å². The van der Waals surface area contributed by atoms with Gasteiger partial charge in [0.2, 0.25) is 0 Å². The van der Waals surface area contributed by atoms with Crippen molar-refractivity contribution in [1.29, 1.82) is 0 Å². The molecular weight excluding hydrogens is 292 g/mol. The van der Waals surface area contributed by atoms with Crippen LogP contribution in [0.4, 0.5) is 0 Å². The molecule has 4 unspecified atom stereocenters. The number of hydrogen-bond donors (Lipinski definition) is 0. The third kappa shape index (κ3) is 4.17. The first kappa shape index (κ1) is 17.2. The molecule has 0 radical (unpaired) electrons. The zero-order chi connectivity index (χ0) is 16.7. The maximum absolute atomic E-state index is 12.3. The summed E-state index contributed by atoms with van der Waals surface area (Å²) in [6.45, 7) is 4.02. The predicted octanol–water partition coefficient (Wildman–Crippen LogP) is 2.34. The third-order valence-electron chi connectivity index (χ3n) is 4.18. The van der Waals surface area contributed by atoms with Gasteiger partial charge in [0.05, 0.1) is 11.8 Å². The molecule has 0 aromatic heterocycles. The number of allylic oxidation sites excluding steroid dienone is 2. The van der Waals surface area contributed by atoms with Crippen LogP contribution in [0.15, 0.2) is 12.2 Å². The molecule has 23 heavy (non-hydrogen) atoms. The van der Waals surface area contributed by atoms with Crippen LogP contribution in [0.2, 0.25) is 0 Å². The van der Waals surface area contributed by atoms with Gasteiger partial charge in [0, 0.05) is 12.8 Å². The molecule has 0 N–H and O–H groups in total. The fourth-order valence-corrected chi connectivity index (χ4v) is 3.22. The normalized spacial score (nSPS) is 26.7. The van der Waals surface area contributed by atoms with Gasteiger partial charge in [0.1, 0.15) is 0 Å². The molecule has 1 saturated carbocycles. The molecule has 2 aliphatic rings. The Morgan fingerprint density at radius 1 is 0.870 bits per heavy atom. The first-order valence-corrected chi connectivity index (χ1v) is 8.12. The van der Waals surface area contributed by atoms with Crippen LogP contribution >= 0.6 is 0 Å². The van der Waals surface area contributed by atoms with Crippen molar-refractivity contribution in [1.82, 2.24) is 0 Å². The maximum atomic E-state index is 12.3. The van der Waals surface area contributed by atoms with E-state index in [1.54, 1.807) is 0 Å². The van der Waals surface area contributed by atoms with Crippen LogP contribution < -0.4 is 0 Å². The summed E-state index contributed by atoms with van der Waals surface area (Å²) in [7, 11) is 0. The van der Waals surface area contributed by atoms with Crippen molar-refractivity contribution >= 4 is 11.9 Å². The lowest BCUT2D eigenvalue weighted by Crippen LogP contribution is -2.35. The Bertz CT molecular complexity index is 544. The Hall–Kier alpha value is -2.20. The molecule has 0 saturated heterocycles. The molecule has 0 heterocycles. The second-order valence-electron chi connectivity index (χ2n) is 5.63. The number of carbonyl (C=O) groups is 2. The second-order valence-corrected chi connectivity index (χ2v) is 5.63. The molecule has 0 aliphatic heterocycles. The topological polar surface area (TPSA) is 52.6 Å². The number of fused-ring (bicyclic) bond motifs is 2. The first-order chi connectivity index (χ1) is 11.2. The van der Waals surface area contributed by atoms with E-state index in [1.165, 1.54) is 0 Å². The summed E-state index contributed by atoms with van der Waals surface area (Å²) in [5, 5.41) is 0. The van der Waals surface area contributed by atoms with Gasteiger partial charge in [-0.05, 0) is 18.3 Å². The van der Waals surface area contributed by atoms with Crippen LogP contribution in [-0.2, 0) is 19.1 Å². The van der Waals surface area contributed by atoms with Crippen LogP contribution in [0.5, 0.6) is 0 Å². The van der Waals surface area contributed by atoms with Gasteiger partial charge in [-0.2, -0.15) is 0 Å². The van der Waals surface area contributed by atoms with Crippen molar-refractivity contribution in [2.75, 3.05) is 13.2 Å². The highest BCUT2D eigenvalue weighted by Crippen LogP contribution is 2.48. The fraction of sp³-hybridized carbons (Fsp3) is 0.579. The van der Waals surface area contributed by atoms with Crippen LogP contribution in [-0.4, -0.2) is 25.2 Å². The van der Waals surface area contributed by atoms with E-state index in [1.807, 2.05) is 26.0 Å². The summed E-state index contributed by atoms with van der Waals surface area (Å²) < 4.78 is 10.4. The number of ether oxygens (including phenoxy) is 2. The zero-order valence-corrected chi connectivity index (χ0v) is 13.6. The summed E-state index contributed by atoms with van der Waals surface area (Å²) in [6.07, 6.45) is 6.27. The van der Waals surface area contributed by atoms with E-state index in [2.05, 4.69) is 23.7 Å². The van der Waals surface area contributed by atoms with Crippen molar-refractivity contribution in [3.05, 3.63) is 12.2 Å². The standard InChI is InChI=1S/C19H22O4/c1-3-5-7-11-22-18(20)16-14-9-10-15(13-14)17(16)19(21)23-12-8-6-4-2/h9-10,14-17H,3-4,11-13H2,1-2H3. The highest BCUT2D eigenvalue weighted by atomic mass is 16.5. The minimum atomic E-state index is -0.458. The number of hydrogen-bond acceptors (Lipinski definition) is 4. The van der Waals surface area contributed by atoms with Crippen LogP contribution in [0, 0.1) is 47.4 Å². The maximum Gasteiger partial charge on any atom is 0.311 e. The number of rotatable bonds is 4. The highest BCUT2D eigenvalue weighted by Gasteiger charge is 2.53. The minimum Gasteiger partial charge on any atom is -0.452 e. The smallest absolute Gasteiger partial charge is 0.311 e. The minimum absolute atomic E-state index is 0.0610. The van der Waals surface area contributed by atoms with Gasteiger partial charge in [-0.1, -0.05) is 37.8 Å². The fourth-order valence-electron chi connectivity index (χ4n) is 3.22. The lowest BCUT2D eigenvalue weighted by atomic mass is 9.83. The van der Waals surface area contributed by atoms with E-state index in [-0.39, 0.29) is 37.0 Å². The van der Waals surface area contributed by atoms with E-state index in [0.717, 1.165) is 19.3 Å². The second kappa shape index (κ2) is 8.44. The first-order valence-electron chi connectivity index (χ1n) is 8.12. The van der Waals surface area contributed by atoms with Crippen molar-refractivity contribution < 1.29 is 19.1 Å². The van der Waals surface area contributed by atoms with Crippen molar-refractivity contribution in [3.63, 3.8) is 0 Å². The van der Waals surface area contributed by atoms with Crippen molar-refractivity contribution in [3.8, 4) is 23.7 Å². The van der Waals surface area contributed by atoms with E-state index >= 15 is 0 Å².